The molecule has 0 bridgehead atoms. The summed E-state index contributed by atoms with van der Waals surface area (Å²) in [5, 5.41) is 5.69. The monoisotopic (exact) mass is 320 g/mol. The van der Waals surface area contributed by atoms with Crippen LogP contribution in [0, 0.1) is 12.8 Å². The molecule has 1 aromatic rings. The molecule has 5 nitrogen and oxygen atoms in total. The second-order valence-electron chi connectivity index (χ2n) is 6.16. The molecule has 5 heteroatoms. The summed E-state index contributed by atoms with van der Waals surface area (Å²) in [5.41, 5.74) is 2.15. The summed E-state index contributed by atoms with van der Waals surface area (Å²) in [6.45, 7) is 8.67. The van der Waals surface area contributed by atoms with Crippen molar-refractivity contribution in [3.63, 3.8) is 0 Å². The minimum absolute atomic E-state index is 0.0479. The summed E-state index contributed by atoms with van der Waals surface area (Å²) < 4.78 is 4.90. The molecule has 0 aromatic heterocycles. The minimum Gasteiger partial charge on any atom is -0.450 e. The highest BCUT2D eigenvalue weighted by molar-refractivity contribution is 5.78. The molecule has 0 aliphatic carbocycles. The van der Waals surface area contributed by atoms with Gasteiger partial charge in [0, 0.05) is 12.6 Å². The quantitative estimate of drug-likeness (QED) is 0.774. The van der Waals surface area contributed by atoms with E-state index >= 15 is 0 Å². The third kappa shape index (κ3) is 8.24. The van der Waals surface area contributed by atoms with Crippen LogP contribution in [0.5, 0.6) is 0 Å². The van der Waals surface area contributed by atoms with E-state index in [1.54, 1.807) is 6.92 Å². The van der Waals surface area contributed by atoms with Gasteiger partial charge in [-0.2, -0.15) is 0 Å². The van der Waals surface area contributed by atoms with E-state index < -0.39 is 6.09 Å². The standard InChI is InChI=1S/C18H28N2O3/c1-5-23-18(22)20-16(10-13(2)3)12-19-17(21)11-15-8-6-14(4)7-9-15/h6-9,13,16H,5,10-12H2,1-4H3,(H,19,21)(H,20,22)/t16-/m0/s1. The highest BCUT2D eigenvalue weighted by Gasteiger charge is 2.15. The fourth-order valence-corrected chi connectivity index (χ4v) is 2.29. The van der Waals surface area contributed by atoms with E-state index in [1.807, 2.05) is 31.2 Å². The second-order valence-corrected chi connectivity index (χ2v) is 6.16. The van der Waals surface area contributed by atoms with Crippen molar-refractivity contribution in [3.8, 4) is 0 Å². The van der Waals surface area contributed by atoms with Crippen LogP contribution in [-0.2, 0) is 16.0 Å². The van der Waals surface area contributed by atoms with Crippen LogP contribution < -0.4 is 10.6 Å². The maximum absolute atomic E-state index is 12.0. The fraction of sp³-hybridized carbons (Fsp3) is 0.556. The van der Waals surface area contributed by atoms with E-state index in [4.69, 9.17) is 4.74 Å². The van der Waals surface area contributed by atoms with E-state index in [2.05, 4.69) is 24.5 Å². The van der Waals surface area contributed by atoms with Gasteiger partial charge in [-0.05, 0) is 31.7 Å². The number of alkyl carbamates (subject to hydrolysis) is 1. The lowest BCUT2D eigenvalue weighted by atomic mass is 10.0. The summed E-state index contributed by atoms with van der Waals surface area (Å²) in [4.78, 5) is 23.6. The number of benzene rings is 1. The molecule has 0 aliphatic heterocycles. The van der Waals surface area contributed by atoms with Gasteiger partial charge in [0.05, 0.1) is 13.0 Å². The van der Waals surface area contributed by atoms with Gasteiger partial charge in [-0.15, -0.1) is 0 Å². The molecule has 0 saturated heterocycles. The van der Waals surface area contributed by atoms with Gasteiger partial charge in [0.25, 0.3) is 0 Å². The Bertz CT molecular complexity index is 497. The molecule has 1 rings (SSSR count). The van der Waals surface area contributed by atoms with E-state index in [1.165, 1.54) is 5.56 Å². The first kappa shape index (κ1) is 19.0. The Balaban J connectivity index is 2.47. The molecule has 23 heavy (non-hydrogen) atoms. The van der Waals surface area contributed by atoms with E-state index in [-0.39, 0.29) is 11.9 Å². The number of ether oxygens (including phenoxy) is 1. The summed E-state index contributed by atoms with van der Waals surface area (Å²) in [6.07, 6.45) is 0.684. The molecule has 0 radical (unpaired) electrons. The smallest absolute Gasteiger partial charge is 0.407 e. The van der Waals surface area contributed by atoms with Crippen LogP contribution >= 0.6 is 0 Å². The highest BCUT2D eigenvalue weighted by Crippen LogP contribution is 2.06. The van der Waals surface area contributed by atoms with Crippen LogP contribution in [0.25, 0.3) is 0 Å². The molecule has 0 heterocycles. The minimum atomic E-state index is -0.439. The van der Waals surface area contributed by atoms with Crippen LogP contribution in [-0.4, -0.2) is 31.2 Å². The van der Waals surface area contributed by atoms with Gasteiger partial charge >= 0.3 is 6.09 Å². The molecular formula is C18H28N2O3. The van der Waals surface area contributed by atoms with Crippen LogP contribution in [0.2, 0.25) is 0 Å². The number of aryl methyl sites for hydroxylation is 1. The lowest BCUT2D eigenvalue weighted by Crippen LogP contribution is -2.44. The molecule has 0 unspecified atom stereocenters. The first-order valence-electron chi connectivity index (χ1n) is 8.16. The van der Waals surface area contributed by atoms with Gasteiger partial charge in [0.1, 0.15) is 0 Å². The lowest BCUT2D eigenvalue weighted by molar-refractivity contribution is -0.120. The Morgan fingerprint density at radius 3 is 2.39 bits per heavy atom. The molecule has 0 aliphatic rings. The maximum atomic E-state index is 12.0. The third-order valence-corrected chi connectivity index (χ3v) is 3.38. The van der Waals surface area contributed by atoms with Gasteiger partial charge in [-0.3, -0.25) is 4.79 Å². The van der Waals surface area contributed by atoms with Crippen LogP contribution in [0.4, 0.5) is 4.79 Å². The van der Waals surface area contributed by atoms with E-state index in [0.29, 0.717) is 25.5 Å². The number of nitrogens with one attached hydrogen (secondary N) is 2. The predicted octanol–water partition coefficient (Wildman–Crippen LogP) is 2.81. The molecule has 0 spiro atoms. The first-order valence-corrected chi connectivity index (χ1v) is 8.16. The van der Waals surface area contributed by atoms with Gasteiger partial charge in [-0.25, -0.2) is 4.79 Å². The predicted molar refractivity (Wildman–Crippen MR) is 91.3 cm³/mol. The summed E-state index contributed by atoms with van der Waals surface area (Å²) >= 11 is 0. The lowest BCUT2D eigenvalue weighted by Gasteiger charge is -2.20. The average molecular weight is 320 g/mol. The van der Waals surface area contributed by atoms with Gasteiger partial charge in [0.15, 0.2) is 0 Å². The van der Waals surface area contributed by atoms with Crippen molar-refractivity contribution in [2.45, 2.75) is 46.6 Å². The van der Waals surface area contributed by atoms with Crippen molar-refractivity contribution in [2.24, 2.45) is 5.92 Å². The van der Waals surface area contributed by atoms with Crippen LogP contribution in [0.15, 0.2) is 24.3 Å². The summed E-state index contributed by atoms with van der Waals surface area (Å²) in [5.74, 6) is 0.365. The first-order chi connectivity index (χ1) is 10.9. The SMILES string of the molecule is CCOC(=O)N[C@H](CNC(=O)Cc1ccc(C)cc1)CC(C)C. The molecule has 2 amide bonds. The van der Waals surface area contributed by atoms with Crippen molar-refractivity contribution in [1.29, 1.82) is 0 Å². The van der Waals surface area contributed by atoms with Crippen LogP contribution in [0.1, 0.15) is 38.3 Å². The molecule has 0 fully saturated rings. The zero-order chi connectivity index (χ0) is 17.2. The van der Waals surface area contributed by atoms with E-state index in [9.17, 15) is 9.59 Å². The summed E-state index contributed by atoms with van der Waals surface area (Å²) in [7, 11) is 0. The topological polar surface area (TPSA) is 67.4 Å². The molecule has 1 aromatic carbocycles. The maximum Gasteiger partial charge on any atom is 0.407 e. The number of hydrogen-bond donors (Lipinski definition) is 2. The molecule has 2 N–H and O–H groups in total. The summed E-state index contributed by atoms with van der Waals surface area (Å²) in [6, 6.07) is 7.77. The fourth-order valence-electron chi connectivity index (χ4n) is 2.29. The van der Waals surface area contributed by atoms with Crippen molar-refractivity contribution in [3.05, 3.63) is 35.4 Å². The largest absolute Gasteiger partial charge is 0.450 e. The van der Waals surface area contributed by atoms with Crippen molar-refractivity contribution >= 4 is 12.0 Å². The Kier molecular flexibility index (Phi) is 8.16. The number of amides is 2. The Morgan fingerprint density at radius 1 is 1.17 bits per heavy atom. The molecule has 0 saturated carbocycles. The second kappa shape index (κ2) is 9.87. The Hall–Kier alpha value is -2.04. The third-order valence-electron chi connectivity index (χ3n) is 3.38. The highest BCUT2D eigenvalue weighted by atomic mass is 16.5. The van der Waals surface area contributed by atoms with Gasteiger partial charge in [-0.1, -0.05) is 43.7 Å². The van der Waals surface area contributed by atoms with Crippen molar-refractivity contribution in [2.75, 3.05) is 13.2 Å². The van der Waals surface area contributed by atoms with Gasteiger partial charge < -0.3 is 15.4 Å². The Labute approximate surface area is 138 Å². The normalized spacial score (nSPS) is 11.9. The number of hydrogen-bond acceptors (Lipinski definition) is 3. The zero-order valence-electron chi connectivity index (χ0n) is 14.5. The van der Waals surface area contributed by atoms with Crippen molar-refractivity contribution < 1.29 is 14.3 Å². The molecule has 1 atom stereocenters. The Morgan fingerprint density at radius 2 is 1.83 bits per heavy atom. The number of rotatable bonds is 8. The molecule has 128 valence electrons. The van der Waals surface area contributed by atoms with Crippen molar-refractivity contribution in [1.82, 2.24) is 10.6 Å². The van der Waals surface area contributed by atoms with Gasteiger partial charge in [0.2, 0.25) is 5.91 Å². The molecular weight excluding hydrogens is 292 g/mol. The number of carbonyl (C=O) groups is 2. The van der Waals surface area contributed by atoms with E-state index in [0.717, 1.165) is 12.0 Å². The van der Waals surface area contributed by atoms with Crippen LogP contribution in [0.3, 0.4) is 0 Å². The average Bonchev–Trinajstić information content (AvgIpc) is 2.47. The number of carbonyl (C=O) groups excluding carboxylic acids is 2. The zero-order valence-corrected chi connectivity index (χ0v) is 14.5.